The van der Waals surface area contributed by atoms with Crippen molar-refractivity contribution < 1.29 is 13.2 Å². The Labute approximate surface area is 176 Å². The molecule has 0 saturated heterocycles. The van der Waals surface area contributed by atoms with Gasteiger partial charge in [-0.2, -0.15) is 0 Å². The molecule has 1 saturated carbocycles. The first kappa shape index (κ1) is 20.1. The Kier molecular flexibility index (Phi) is 5.72. The number of rotatable bonds is 8. The van der Waals surface area contributed by atoms with Gasteiger partial charge >= 0.3 is 0 Å². The molecule has 152 valence electrons. The highest BCUT2D eigenvalue weighted by molar-refractivity contribution is 7.99. The van der Waals surface area contributed by atoms with Crippen LogP contribution in [-0.2, 0) is 21.2 Å². The average Bonchev–Trinajstić information content (AvgIpc) is 3.22. The van der Waals surface area contributed by atoms with Crippen LogP contribution in [0.1, 0.15) is 29.6 Å². The van der Waals surface area contributed by atoms with E-state index in [0.29, 0.717) is 11.7 Å². The average molecular weight is 450 g/mol. The summed E-state index contributed by atoms with van der Waals surface area (Å²) < 4.78 is 24.7. The summed E-state index contributed by atoms with van der Waals surface area (Å²) in [5.74, 6) is 0.904. The fourth-order valence-corrected chi connectivity index (χ4v) is 4.89. The summed E-state index contributed by atoms with van der Waals surface area (Å²) in [5, 5.41) is 19.3. The number of anilines is 1. The SMILES string of the molecule is NS(=O)(=O)c1ccc(NC(=O)CSc2nnc(Cc3cccs3)n2C2CC2)cc1. The number of nitrogens with zero attached hydrogens (tertiary/aromatic N) is 3. The molecule has 0 atom stereocenters. The maximum Gasteiger partial charge on any atom is 0.238 e. The van der Waals surface area contributed by atoms with Crippen molar-refractivity contribution in [2.45, 2.75) is 35.4 Å². The number of amides is 1. The molecule has 0 aliphatic heterocycles. The Morgan fingerprint density at radius 1 is 1.24 bits per heavy atom. The highest BCUT2D eigenvalue weighted by atomic mass is 32.2. The van der Waals surface area contributed by atoms with Gasteiger partial charge in [0.15, 0.2) is 5.16 Å². The first-order valence-corrected chi connectivity index (χ1v) is 12.3. The monoisotopic (exact) mass is 449 g/mol. The number of aromatic nitrogens is 3. The molecule has 2 aromatic heterocycles. The number of hydrogen-bond donors (Lipinski definition) is 2. The molecule has 1 amide bonds. The van der Waals surface area contributed by atoms with Crippen molar-refractivity contribution in [2.24, 2.45) is 5.14 Å². The van der Waals surface area contributed by atoms with E-state index in [-0.39, 0.29) is 16.6 Å². The van der Waals surface area contributed by atoms with Crippen LogP contribution in [0, 0.1) is 0 Å². The van der Waals surface area contributed by atoms with Crippen molar-refractivity contribution in [1.29, 1.82) is 0 Å². The summed E-state index contributed by atoms with van der Waals surface area (Å²) in [5.41, 5.74) is 0.505. The van der Waals surface area contributed by atoms with Crippen molar-refractivity contribution in [1.82, 2.24) is 14.8 Å². The highest BCUT2D eigenvalue weighted by Gasteiger charge is 2.30. The topological polar surface area (TPSA) is 120 Å². The molecular weight excluding hydrogens is 430 g/mol. The Hall–Kier alpha value is -2.21. The minimum Gasteiger partial charge on any atom is -0.325 e. The van der Waals surface area contributed by atoms with Crippen LogP contribution in [0.5, 0.6) is 0 Å². The molecule has 1 aliphatic rings. The lowest BCUT2D eigenvalue weighted by Gasteiger charge is -2.09. The number of primary sulfonamides is 1. The van der Waals surface area contributed by atoms with Crippen molar-refractivity contribution in [3.63, 3.8) is 0 Å². The minimum absolute atomic E-state index is 0.000629. The molecule has 0 bridgehead atoms. The summed E-state index contributed by atoms with van der Waals surface area (Å²) in [6, 6.07) is 10.3. The number of nitrogens with two attached hydrogens (primary N) is 1. The number of hydrogen-bond acceptors (Lipinski definition) is 7. The third-order valence-corrected chi connectivity index (χ3v) is 7.11. The molecule has 1 aromatic carbocycles. The van der Waals surface area contributed by atoms with Gasteiger partial charge in [0.1, 0.15) is 5.82 Å². The lowest BCUT2D eigenvalue weighted by Crippen LogP contribution is -2.15. The van der Waals surface area contributed by atoms with Gasteiger partial charge in [0.25, 0.3) is 0 Å². The van der Waals surface area contributed by atoms with Crippen LogP contribution in [0.3, 0.4) is 0 Å². The predicted molar refractivity (Wildman–Crippen MR) is 113 cm³/mol. The first-order valence-electron chi connectivity index (χ1n) is 8.92. The zero-order valence-electron chi connectivity index (χ0n) is 15.3. The van der Waals surface area contributed by atoms with E-state index in [2.05, 4.69) is 26.1 Å². The van der Waals surface area contributed by atoms with E-state index in [1.165, 1.54) is 40.9 Å². The van der Waals surface area contributed by atoms with Crippen LogP contribution in [0.2, 0.25) is 0 Å². The zero-order chi connectivity index (χ0) is 20.4. The Bertz CT molecular complexity index is 1100. The largest absolute Gasteiger partial charge is 0.325 e. The first-order chi connectivity index (χ1) is 13.9. The predicted octanol–water partition coefficient (Wildman–Crippen LogP) is 2.64. The second kappa shape index (κ2) is 8.27. The normalized spacial score (nSPS) is 14.1. The number of thioether (sulfide) groups is 1. The zero-order valence-corrected chi connectivity index (χ0v) is 17.8. The standard InChI is InChI=1S/C18H19N5O3S3/c19-29(25,26)15-7-3-12(4-8-15)20-17(24)11-28-18-22-21-16(23(18)13-5-6-13)10-14-2-1-9-27-14/h1-4,7-9,13H,5-6,10-11H2,(H,20,24)(H2,19,25,26). The Balaban J connectivity index is 1.38. The summed E-state index contributed by atoms with van der Waals surface area (Å²) in [7, 11) is -3.75. The third kappa shape index (κ3) is 5.04. The highest BCUT2D eigenvalue weighted by Crippen LogP contribution is 2.39. The quantitative estimate of drug-likeness (QED) is 0.510. The van der Waals surface area contributed by atoms with Crippen LogP contribution in [0.15, 0.2) is 51.8 Å². The molecule has 0 spiro atoms. The number of thiophene rings is 1. The molecule has 11 heteroatoms. The number of carbonyl (C=O) groups excluding carboxylic acids is 1. The van der Waals surface area contributed by atoms with Gasteiger partial charge in [0.2, 0.25) is 15.9 Å². The Morgan fingerprint density at radius 2 is 2.00 bits per heavy atom. The maximum atomic E-state index is 12.3. The van der Waals surface area contributed by atoms with Gasteiger partial charge in [-0.25, -0.2) is 13.6 Å². The van der Waals surface area contributed by atoms with Gasteiger partial charge in [-0.15, -0.1) is 21.5 Å². The van der Waals surface area contributed by atoms with Gasteiger partial charge in [-0.1, -0.05) is 17.8 Å². The lowest BCUT2D eigenvalue weighted by molar-refractivity contribution is -0.113. The number of nitrogens with one attached hydrogen (secondary N) is 1. The van der Waals surface area contributed by atoms with Gasteiger partial charge in [0, 0.05) is 23.0 Å². The molecule has 29 heavy (non-hydrogen) atoms. The fraction of sp³-hybridized carbons (Fsp3) is 0.278. The van der Waals surface area contributed by atoms with E-state index < -0.39 is 10.0 Å². The van der Waals surface area contributed by atoms with E-state index in [9.17, 15) is 13.2 Å². The molecule has 0 unspecified atom stereocenters. The van der Waals surface area contributed by atoms with E-state index in [1.54, 1.807) is 11.3 Å². The van der Waals surface area contributed by atoms with Crippen molar-refractivity contribution in [3.8, 4) is 0 Å². The van der Waals surface area contributed by atoms with Crippen molar-refractivity contribution >= 4 is 44.7 Å². The van der Waals surface area contributed by atoms with E-state index in [4.69, 9.17) is 5.14 Å². The summed E-state index contributed by atoms with van der Waals surface area (Å²) in [6.07, 6.45) is 2.95. The van der Waals surface area contributed by atoms with Crippen molar-refractivity contribution in [2.75, 3.05) is 11.1 Å². The molecule has 4 rings (SSSR count). The van der Waals surface area contributed by atoms with Gasteiger partial charge in [-0.3, -0.25) is 4.79 Å². The minimum atomic E-state index is -3.75. The van der Waals surface area contributed by atoms with Crippen molar-refractivity contribution in [3.05, 3.63) is 52.5 Å². The lowest BCUT2D eigenvalue weighted by atomic mass is 10.3. The molecular formula is C18H19N5O3S3. The Morgan fingerprint density at radius 3 is 2.62 bits per heavy atom. The second-order valence-corrected chi connectivity index (χ2v) is 10.2. The molecule has 3 N–H and O–H groups in total. The van der Waals surface area contributed by atoms with Crippen LogP contribution < -0.4 is 10.5 Å². The molecule has 2 heterocycles. The molecule has 1 aliphatic carbocycles. The maximum absolute atomic E-state index is 12.3. The van der Waals surface area contributed by atoms with E-state index in [0.717, 1.165) is 30.2 Å². The second-order valence-electron chi connectivity index (χ2n) is 6.66. The third-order valence-electron chi connectivity index (χ3n) is 4.36. The van der Waals surface area contributed by atoms with E-state index >= 15 is 0 Å². The van der Waals surface area contributed by atoms with Crippen LogP contribution in [0.4, 0.5) is 5.69 Å². The van der Waals surface area contributed by atoms with Crippen LogP contribution >= 0.6 is 23.1 Å². The number of benzene rings is 1. The number of carbonyl (C=O) groups is 1. The molecule has 0 radical (unpaired) electrons. The van der Waals surface area contributed by atoms with Crippen LogP contribution in [0.25, 0.3) is 0 Å². The fourth-order valence-electron chi connectivity index (χ4n) is 2.85. The molecule has 8 nitrogen and oxygen atoms in total. The smallest absolute Gasteiger partial charge is 0.238 e. The molecule has 1 fully saturated rings. The van der Waals surface area contributed by atoms with Gasteiger partial charge in [0.05, 0.1) is 10.6 Å². The molecule has 3 aromatic rings. The number of sulfonamides is 1. The summed E-state index contributed by atoms with van der Waals surface area (Å²) >= 11 is 3.04. The summed E-state index contributed by atoms with van der Waals surface area (Å²) in [6.45, 7) is 0. The van der Waals surface area contributed by atoms with Gasteiger partial charge < -0.3 is 9.88 Å². The van der Waals surface area contributed by atoms with Gasteiger partial charge in [-0.05, 0) is 48.6 Å². The van der Waals surface area contributed by atoms with Crippen LogP contribution in [-0.4, -0.2) is 34.8 Å². The van der Waals surface area contributed by atoms with E-state index in [1.807, 2.05) is 11.4 Å². The summed E-state index contributed by atoms with van der Waals surface area (Å²) in [4.78, 5) is 13.5.